The van der Waals surface area contributed by atoms with Crippen LogP contribution in [0.5, 0.6) is 0 Å². The van der Waals surface area contributed by atoms with Crippen LogP contribution in [0.25, 0.3) is 0 Å². The first-order valence-electron chi connectivity index (χ1n) is 26.5. The van der Waals surface area contributed by atoms with E-state index < -0.39 is 6.10 Å². The third-order valence-corrected chi connectivity index (χ3v) is 11.2. The third kappa shape index (κ3) is 50.0. The fourth-order valence-electron chi connectivity index (χ4n) is 7.30. The molecule has 0 rings (SSSR count). The van der Waals surface area contributed by atoms with Gasteiger partial charge in [0, 0.05) is 19.4 Å². The van der Waals surface area contributed by atoms with Gasteiger partial charge < -0.3 is 14.2 Å². The molecule has 0 aromatic carbocycles. The largest absolute Gasteiger partial charge is 0.462 e. The first-order chi connectivity index (χ1) is 30.6. The molecule has 0 radical (unpaired) electrons. The maximum Gasteiger partial charge on any atom is 0.306 e. The zero-order valence-corrected chi connectivity index (χ0v) is 41.1. The first kappa shape index (κ1) is 59.3. The van der Waals surface area contributed by atoms with Crippen LogP contribution in [0.2, 0.25) is 0 Å². The average Bonchev–Trinajstić information content (AvgIpc) is 3.27. The van der Waals surface area contributed by atoms with Crippen molar-refractivity contribution in [1.29, 1.82) is 0 Å². The van der Waals surface area contributed by atoms with E-state index in [2.05, 4.69) is 93.7 Å². The van der Waals surface area contributed by atoms with Crippen molar-refractivity contribution in [2.75, 3.05) is 19.8 Å². The second-order valence-electron chi connectivity index (χ2n) is 17.4. The van der Waals surface area contributed by atoms with Crippen LogP contribution in [-0.4, -0.2) is 37.9 Å². The van der Waals surface area contributed by atoms with Gasteiger partial charge in [0.05, 0.1) is 6.61 Å². The standard InChI is InChI=1S/C57H100O5/c1-4-7-10-13-16-19-21-23-25-27-29-31-33-35-37-39-41-44-47-50-56(58)61-54-55(53-60-52-49-46-43-18-15-12-9-6-3)62-57(59)51-48-45-42-40-38-36-34-32-30-28-26-24-22-20-17-14-11-8-5-2/h7,10,16,19,23-26,29,31,35,37,55H,4-6,8-9,11-15,17-18,20-22,27-28,30,32-34,36,38-54H2,1-3H3/b10-7-,19-16-,25-23-,26-24-,31-29-,37-35-. The molecule has 0 saturated carbocycles. The van der Waals surface area contributed by atoms with Crippen molar-refractivity contribution >= 4 is 11.9 Å². The summed E-state index contributed by atoms with van der Waals surface area (Å²) in [6, 6.07) is 0. The van der Waals surface area contributed by atoms with Crippen LogP contribution in [0.3, 0.4) is 0 Å². The molecular formula is C57H100O5. The second kappa shape index (κ2) is 52.7. The highest BCUT2D eigenvalue weighted by atomic mass is 16.6. The highest BCUT2D eigenvalue weighted by molar-refractivity contribution is 5.70. The molecule has 5 heteroatoms. The zero-order chi connectivity index (χ0) is 44.9. The van der Waals surface area contributed by atoms with E-state index >= 15 is 0 Å². The van der Waals surface area contributed by atoms with E-state index in [0.29, 0.717) is 19.4 Å². The minimum atomic E-state index is -0.549. The number of carbonyl (C=O) groups excluding carboxylic acids is 2. The van der Waals surface area contributed by atoms with Crippen molar-refractivity contribution in [3.05, 3.63) is 72.9 Å². The van der Waals surface area contributed by atoms with E-state index in [0.717, 1.165) is 83.5 Å². The Morgan fingerprint density at radius 2 is 0.726 bits per heavy atom. The van der Waals surface area contributed by atoms with Gasteiger partial charge in [0.15, 0.2) is 6.10 Å². The molecule has 1 unspecified atom stereocenters. The van der Waals surface area contributed by atoms with Gasteiger partial charge >= 0.3 is 11.9 Å². The zero-order valence-electron chi connectivity index (χ0n) is 41.1. The average molecular weight is 865 g/mol. The van der Waals surface area contributed by atoms with Crippen molar-refractivity contribution in [1.82, 2.24) is 0 Å². The molecule has 0 bridgehead atoms. The number of ether oxygens (including phenoxy) is 3. The lowest BCUT2D eigenvalue weighted by atomic mass is 10.1. The molecule has 0 saturated heterocycles. The van der Waals surface area contributed by atoms with Crippen LogP contribution in [0, 0.1) is 0 Å². The third-order valence-electron chi connectivity index (χ3n) is 11.2. The Hall–Kier alpha value is -2.66. The molecule has 0 spiro atoms. The van der Waals surface area contributed by atoms with Gasteiger partial charge in [-0.2, -0.15) is 0 Å². The smallest absolute Gasteiger partial charge is 0.306 e. The molecule has 0 heterocycles. The Kier molecular flexibility index (Phi) is 50.4. The molecule has 0 aliphatic carbocycles. The van der Waals surface area contributed by atoms with Gasteiger partial charge in [0.25, 0.3) is 0 Å². The Morgan fingerprint density at radius 3 is 1.19 bits per heavy atom. The molecule has 0 aliphatic heterocycles. The van der Waals surface area contributed by atoms with Gasteiger partial charge in [0.1, 0.15) is 6.61 Å². The fraction of sp³-hybridized carbons (Fsp3) is 0.754. The number of allylic oxidation sites excluding steroid dienone is 12. The Balaban J connectivity index is 4.20. The molecule has 0 N–H and O–H groups in total. The minimum Gasteiger partial charge on any atom is -0.462 e. The summed E-state index contributed by atoms with van der Waals surface area (Å²) in [5.74, 6) is -0.433. The first-order valence-corrected chi connectivity index (χ1v) is 26.5. The van der Waals surface area contributed by atoms with Crippen LogP contribution < -0.4 is 0 Å². The summed E-state index contributed by atoms with van der Waals surface area (Å²) in [6.45, 7) is 7.67. The normalized spacial score (nSPS) is 12.8. The van der Waals surface area contributed by atoms with Crippen molar-refractivity contribution in [2.24, 2.45) is 0 Å². The minimum absolute atomic E-state index is 0.0670. The number of rotatable bonds is 48. The SMILES string of the molecule is CC/C=C\C/C=C\C/C=C\C/C=C\C/C=C\CCCCCC(=O)OCC(COCCCCCCCCCC)OC(=O)CCCCCCCCCCC/C=C\CCCCCCCC. The highest BCUT2D eigenvalue weighted by Gasteiger charge is 2.17. The molecule has 358 valence electrons. The van der Waals surface area contributed by atoms with Crippen molar-refractivity contribution in [3.63, 3.8) is 0 Å². The van der Waals surface area contributed by atoms with Crippen LogP contribution in [0.15, 0.2) is 72.9 Å². The number of esters is 2. The van der Waals surface area contributed by atoms with Gasteiger partial charge in [-0.3, -0.25) is 9.59 Å². The Bertz CT molecular complexity index is 1110. The summed E-state index contributed by atoms with van der Waals surface area (Å²) in [4.78, 5) is 25.4. The lowest BCUT2D eigenvalue weighted by Crippen LogP contribution is -2.30. The van der Waals surface area contributed by atoms with Crippen molar-refractivity contribution in [3.8, 4) is 0 Å². The number of hydrogen-bond donors (Lipinski definition) is 0. The van der Waals surface area contributed by atoms with Crippen LogP contribution in [0.4, 0.5) is 0 Å². The molecule has 0 aliphatic rings. The molecule has 5 nitrogen and oxygen atoms in total. The molecule has 0 amide bonds. The Morgan fingerprint density at radius 1 is 0.371 bits per heavy atom. The topological polar surface area (TPSA) is 61.8 Å². The monoisotopic (exact) mass is 865 g/mol. The van der Waals surface area contributed by atoms with Crippen LogP contribution >= 0.6 is 0 Å². The van der Waals surface area contributed by atoms with Gasteiger partial charge in [0.2, 0.25) is 0 Å². The summed E-state index contributed by atoms with van der Waals surface area (Å²) in [6.07, 6.45) is 67.7. The van der Waals surface area contributed by atoms with Gasteiger partial charge in [-0.15, -0.1) is 0 Å². The van der Waals surface area contributed by atoms with Crippen molar-refractivity contribution in [2.45, 2.75) is 258 Å². The fourth-order valence-corrected chi connectivity index (χ4v) is 7.30. The van der Waals surface area contributed by atoms with Gasteiger partial charge in [-0.1, -0.05) is 222 Å². The lowest BCUT2D eigenvalue weighted by molar-refractivity contribution is -0.163. The molecule has 62 heavy (non-hydrogen) atoms. The molecule has 0 aromatic heterocycles. The van der Waals surface area contributed by atoms with Gasteiger partial charge in [-0.05, 0) is 89.9 Å². The summed E-state index contributed by atoms with van der Waals surface area (Å²) in [7, 11) is 0. The maximum atomic E-state index is 12.8. The Labute approximate surface area is 385 Å². The van der Waals surface area contributed by atoms with Crippen molar-refractivity contribution < 1.29 is 23.8 Å². The summed E-state index contributed by atoms with van der Waals surface area (Å²) in [5, 5.41) is 0. The van der Waals surface area contributed by atoms with E-state index in [1.54, 1.807) is 0 Å². The molecular weight excluding hydrogens is 765 g/mol. The van der Waals surface area contributed by atoms with E-state index in [9.17, 15) is 9.59 Å². The predicted molar refractivity (Wildman–Crippen MR) is 270 cm³/mol. The number of unbranched alkanes of at least 4 members (excludes halogenated alkanes) is 25. The second-order valence-corrected chi connectivity index (χ2v) is 17.4. The van der Waals surface area contributed by atoms with E-state index in [1.165, 1.54) is 135 Å². The lowest BCUT2D eigenvalue weighted by Gasteiger charge is -2.18. The van der Waals surface area contributed by atoms with Gasteiger partial charge in [-0.25, -0.2) is 0 Å². The number of hydrogen-bond acceptors (Lipinski definition) is 5. The summed E-state index contributed by atoms with van der Waals surface area (Å²) in [5.41, 5.74) is 0. The van der Waals surface area contributed by atoms with E-state index in [-0.39, 0.29) is 25.2 Å². The van der Waals surface area contributed by atoms with Crippen LogP contribution in [-0.2, 0) is 23.8 Å². The number of carbonyl (C=O) groups is 2. The summed E-state index contributed by atoms with van der Waals surface area (Å²) >= 11 is 0. The van der Waals surface area contributed by atoms with E-state index in [1.807, 2.05) is 0 Å². The maximum absolute atomic E-state index is 12.8. The van der Waals surface area contributed by atoms with Crippen LogP contribution in [0.1, 0.15) is 252 Å². The van der Waals surface area contributed by atoms with E-state index in [4.69, 9.17) is 14.2 Å². The summed E-state index contributed by atoms with van der Waals surface area (Å²) < 4.78 is 17.3. The molecule has 0 fully saturated rings. The molecule has 1 atom stereocenters. The quantitative estimate of drug-likeness (QED) is 0.0346. The molecule has 0 aromatic rings. The predicted octanol–water partition coefficient (Wildman–Crippen LogP) is 17.9. The highest BCUT2D eigenvalue weighted by Crippen LogP contribution is 2.14.